The van der Waals surface area contributed by atoms with Crippen molar-refractivity contribution in [3.63, 3.8) is 0 Å². The fourth-order valence-corrected chi connectivity index (χ4v) is 3.82. The van der Waals surface area contributed by atoms with E-state index in [-0.39, 0.29) is 5.60 Å². The molecule has 0 radical (unpaired) electrons. The second kappa shape index (κ2) is 4.65. The van der Waals surface area contributed by atoms with Gasteiger partial charge >= 0.3 is 0 Å². The van der Waals surface area contributed by atoms with E-state index in [4.69, 9.17) is 4.74 Å². The van der Waals surface area contributed by atoms with Gasteiger partial charge in [-0.3, -0.25) is 0 Å². The van der Waals surface area contributed by atoms with Crippen LogP contribution in [-0.4, -0.2) is 20.3 Å². The molecule has 1 saturated carbocycles. The van der Waals surface area contributed by atoms with E-state index in [0.717, 1.165) is 6.61 Å². The predicted octanol–water partition coefficient (Wildman–Crippen LogP) is 4.16. The van der Waals surface area contributed by atoms with Crippen molar-refractivity contribution in [1.29, 1.82) is 0 Å². The Bertz CT molecular complexity index is 258. The number of ether oxygens (including phenoxy) is 1. The van der Waals surface area contributed by atoms with Crippen molar-refractivity contribution in [2.45, 2.75) is 63.8 Å². The first-order valence-electron chi connectivity index (χ1n) is 6.83. The predicted molar refractivity (Wildman–Crippen MR) is 72.4 cm³/mol. The van der Waals surface area contributed by atoms with E-state index in [2.05, 4.69) is 31.4 Å². The Hall–Kier alpha value is -0.0831. The molecule has 0 amide bonds. The van der Waals surface area contributed by atoms with E-state index >= 15 is 0 Å². The maximum atomic E-state index is 6.12. The van der Waals surface area contributed by atoms with Gasteiger partial charge in [-0.2, -0.15) is 0 Å². The molecule has 2 fully saturated rings. The molecule has 0 bridgehead atoms. The van der Waals surface area contributed by atoms with E-state index < -0.39 is 8.07 Å². The highest BCUT2D eigenvalue weighted by Crippen LogP contribution is 2.42. The van der Waals surface area contributed by atoms with E-state index in [9.17, 15) is 0 Å². The number of hydrogen-bond donors (Lipinski definition) is 0. The zero-order chi connectivity index (χ0) is 11.6. The van der Waals surface area contributed by atoms with E-state index in [1.807, 2.05) is 0 Å². The van der Waals surface area contributed by atoms with Crippen molar-refractivity contribution >= 4 is 8.07 Å². The second-order valence-corrected chi connectivity index (χ2v) is 11.8. The molecular formula is C14H26OSi. The van der Waals surface area contributed by atoms with Gasteiger partial charge < -0.3 is 4.74 Å². The van der Waals surface area contributed by atoms with Crippen LogP contribution in [0.5, 0.6) is 0 Å². The summed E-state index contributed by atoms with van der Waals surface area (Å²) in [5, 5.41) is 0. The lowest BCUT2D eigenvalue weighted by Crippen LogP contribution is -2.30. The molecule has 0 N–H and O–H groups in total. The average molecular weight is 238 g/mol. The third-order valence-electron chi connectivity index (χ3n) is 3.87. The lowest BCUT2D eigenvalue weighted by atomic mass is 9.81. The Labute approximate surface area is 101 Å². The van der Waals surface area contributed by atoms with Gasteiger partial charge in [0, 0.05) is 5.92 Å². The first-order chi connectivity index (χ1) is 7.49. The van der Waals surface area contributed by atoms with Crippen LogP contribution in [-0.2, 0) is 4.74 Å². The van der Waals surface area contributed by atoms with Crippen LogP contribution in [0.1, 0.15) is 38.5 Å². The highest BCUT2D eigenvalue weighted by Gasteiger charge is 2.40. The lowest BCUT2D eigenvalue weighted by molar-refractivity contribution is -0.0246. The highest BCUT2D eigenvalue weighted by molar-refractivity contribution is 6.80. The zero-order valence-corrected chi connectivity index (χ0v) is 12.1. The molecule has 2 rings (SSSR count). The summed E-state index contributed by atoms with van der Waals surface area (Å²) in [7, 11) is -1.02. The summed E-state index contributed by atoms with van der Waals surface area (Å²) in [5.41, 5.74) is 2.77. The average Bonchev–Trinajstić information content (AvgIpc) is 2.59. The molecule has 2 heteroatoms. The summed E-state index contributed by atoms with van der Waals surface area (Å²) < 4.78 is 6.12. The summed E-state index contributed by atoms with van der Waals surface area (Å²) in [5.74, 6) is 0.699. The Morgan fingerprint density at radius 3 is 2.44 bits per heavy atom. The SMILES string of the molecule is C[Si](C)(C)/C=C/C1COC2(CCCCC2)C1. The molecule has 1 unspecified atom stereocenters. The lowest BCUT2D eigenvalue weighted by Gasteiger charge is -2.32. The van der Waals surface area contributed by atoms with Crippen LogP contribution >= 0.6 is 0 Å². The van der Waals surface area contributed by atoms with Gasteiger partial charge in [-0.05, 0) is 19.3 Å². The summed E-state index contributed by atoms with van der Waals surface area (Å²) in [4.78, 5) is 0. The molecule has 0 aromatic rings. The van der Waals surface area contributed by atoms with Crippen molar-refractivity contribution in [1.82, 2.24) is 0 Å². The zero-order valence-electron chi connectivity index (χ0n) is 11.1. The van der Waals surface area contributed by atoms with Gasteiger partial charge in [0.1, 0.15) is 0 Å². The Balaban J connectivity index is 1.90. The van der Waals surface area contributed by atoms with Crippen LogP contribution in [0.4, 0.5) is 0 Å². The number of hydrogen-bond acceptors (Lipinski definition) is 1. The first kappa shape index (κ1) is 12.4. The summed E-state index contributed by atoms with van der Waals surface area (Å²) in [6, 6.07) is 0. The molecule has 1 aliphatic heterocycles. The molecule has 1 spiro atoms. The molecule has 1 nitrogen and oxygen atoms in total. The van der Waals surface area contributed by atoms with Crippen molar-refractivity contribution in [3.05, 3.63) is 11.8 Å². The Kier molecular flexibility index (Phi) is 3.60. The molecule has 1 atom stereocenters. The van der Waals surface area contributed by atoms with Crippen molar-refractivity contribution in [2.24, 2.45) is 5.92 Å². The van der Waals surface area contributed by atoms with Crippen LogP contribution in [0.15, 0.2) is 11.8 Å². The molecule has 1 heterocycles. The van der Waals surface area contributed by atoms with Crippen LogP contribution in [0.25, 0.3) is 0 Å². The minimum atomic E-state index is -1.02. The molecule has 1 aliphatic carbocycles. The van der Waals surface area contributed by atoms with Gasteiger partial charge in [0.15, 0.2) is 0 Å². The van der Waals surface area contributed by atoms with Crippen molar-refractivity contribution in [2.75, 3.05) is 6.61 Å². The third kappa shape index (κ3) is 3.20. The van der Waals surface area contributed by atoms with Gasteiger partial charge in [-0.15, -0.1) is 0 Å². The van der Waals surface area contributed by atoms with Gasteiger partial charge in [0.2, 0.25) is 0 Å². The molecule has 0 aromatic heterocycles. The number of rotatable bonds is 2. The minimum absolute atomic E-state index is 0.284. The second-order valence-electron chi connectivity index (χ2n) is 6.74. The topological polar surface area (TPSA) is 9.23 Å². The normalized spacial score (nSPS) is 30.3. The quantitative estimate of drug-likeness (QED) is 0.656. The molecular weight excluding hydrogens is 212 g/mol. The smallest absolute Gasteiger partial charge is 0.0689 e. The van der Waals surface area contributed by atoms with Crippen LogP contribution in [0.3, 0.4) is 0 Å². The molecule has 2 aliphatic rings. The monoisotopic (exact) mass is 238 g/mol. The van der Waals surface area contributed by atoms with E-state index in [1.54, 1.807) is 0 Å². The Morgan fingerprint density at radius 2 is 1.81 bits per heavy atom. The van der Waals surface area contributed by atoms with Gasteiger partial charge in [-0.1, -0.05) is 50.7 Å². The largest absolute Gasteiger partial charge is 0.374 e. The fraction of sp³-hybridized carbons (Fsp3) is 0.857. The van der Waals surface area contributed by atoms with Crippen molar-refractivity contribution in [3.8, 4) is 0 Å². The maximum Gasteiger partial charge on any atom is 0.0689 e. The molecule has 16 heavy (non-hydrogen) atoms. The minimum Gasteiger partial charge on any atom is -0.374 e. The van der Waals surface area contributed by atoms with Gasteiger partial charge in [-0.25, -0.2) is 0 Å². The summed E-state index contributed by atoms with van der Waals surface area (Å²) in [6.07, 6.45) is 10.5. The standard InChI is InChI=1S/C14H26OSi/c1-16(2,3)10-7-13-11-14(15-12-13)8-5-4-6-9-14/h7,10,13H,4-6,8-9,11-12H2,1-3H3/b10-7+. The molecule has 92 valence electrons. The third-order valence-corrected chi connectivity index (χ3v) is 5.06. The first-order valence-corrected chi connectivity index (χ1v) is 10.4. The van der Waals surface area contributed by atoms with Crippen LogP contribution < -0.4 is 0 Å². The maximum absolute atomic E-state index is 6.12. The van der Waals surface area contributed by atoms with Crippen molar-refractivity contribution < 1.29 is 4.74 Å². The summed E-state index contributed by atoms with van der Waals surface area (Å²) in [6.45, 7) is 8.17. The van der Waals surface area contributed by atoms with Crippen LogP contribution in [0.2, 0.25) is 19.6 Å². The van der Waals surface area contributed by atoms with E-state index in [1.165, 1.54) is 38.5 Å². The van der Waals surface area contributed by atoms with E-state index in [0.29, 0.717) is 5.92 Å². The molecule has 1 saturated heterocycles. The van der Waals surface area contributed by atoms with Gasteiger partial charge in [0.25, 0.3) is 0 Å². The van der Waals surface area contributed by atoms with Crippen LogP contribution in [0, 0.1) is 5.92 Å². The summed E-state index contributed by atoms with van der Waals surface area (Å²) >= 11 is 0. The Morgan fingerprint density at radius 1 is 1.12 bits per heavy atom. The van der Waals surface area contributed by atoms with Gasteiger partial charge in [0.05, 0.1) is 20.3 Å². The fourth-order valence-electron chi connectivity index (χ4n) is 2.97. The molecule has 0 aromatic carbocycles. The highest BCUT2D eigenvalue weighted by atomic mass is 28.3.